The van der Waals surface area contributed by atoms with Gasteiger partial charge in [0.2, 0.25) is 0 Å². The van der Waals surface area contributed by atoms with Crippen molar-refractivity contribution >= 4 is 0 Å². The number of aromatic nitrogens is 5. The van der Waals surface area contributed by atoms with E-state index in [0.29, 0.717) is 32.0 Å². The lowest BCUT2D eigenvalue weighted by atomic mass is 10.3. The van der Waals surface area contributed by atoms with Crippen molar-refractivity contribution in [3.8, 4) is 5.69 Å². The van der Waals surface area contributed by atoms with Gasteiger partial charge in [-0.1, -0.05) is 0 Å². The molecule has 1 aliphatic heterocycles. The van der Waals surface area contributed by atoms with Gasteiger partial charge in [-0.3, -0.25) is 14.1 Å². The molecule has 3 aromatic rings. The number of hydrogen-bond donors (Lipinski definition) is 0. The highest BCUT2D eigenvalue weighted by Gasteiger charge is 2.24. The molecule has 0 radical (unpaired) electrons. The highest BCUT2D eigenvalue weighted by atomic mass is 19.1. The molecule has 0 bridgehead atoms. The van der Waals surface area contributed by atoms with Gasteiger partial charge in [0.1, 0.15) is 17.3 Å². The molecule has 9 heteroatoms. The predicted molar refractivity (Wildman–Crippen MR) is 85.1 cm³/mol. The zero-order valence-corrected chi connectivity index (χ0v) is 13.6. The monoisotopic (exact) mass is 346 g/mol. The average molecular weight is 346 g/mol. The van der Waals surface area contributed by atoms with Gasteiger partial charge in [0, 0.05) is 38.9 Å². The van der Waals surface area contributed by atoms with Crippen LogP contribution in [0.25, 0.3) is 5.69 Å². The normalized spacial score (nSPS) is 14.7. The summed E-state index contributed by atoms with van der Waals surface area (Å²) in [6, 6.07) is 5.01. The van der Waals surface area contributed by atoms with Crippen LogP contribution < -0.4 is 5.69 Å². The molecule has 4 rings (SSSR count). The van der Waals surface area contributed by atoms with Crippen molar-refractivity contribution < 1.29 is 8.78 Å². The molecule has 130 valence electrons. The Morgan fingerprint density at radius 2 is 2.00 bits per heavy atom. The van der Waals surface area contributed by atoms with E-state index in [0.717, 1.165) is 22.5 Å². The number of fused-ring (bicyclic) bond motifs is 1. The van der Waals surface area contributed by atoms with Crippen LogP contribution in [-0.4, -0.2) is 35.6 Å². The fraction of sp³-hybridized carbons (Fsp3) is 0.312. The van der Waals surface area contributed by atoms with Crippen LogP contribution in [-0.2, 0) is 26.7 Å². The van der Waals surface area contributed by atoms with E-state index in [1.807, 2.05) is 19.3 Å². The summed E-state index contributed by atoms with van der Waals surface area (Å²) in [6.45, 7) is 2.24. The standard InChI is InChI=1S/C16H16F2N6O/c1-21-5-4-12(19-21)9-22-6-7-23-15(10-22)20-24(16(23)25)14-3-2-11(17)8-13(14)18/h2-5,8H,6-7,9-10H2,1H3. The van der Waals surface area contributed by atoms with Gasteiger partial charge in [-0.2, -0.15) is 9.78 Å². The predicted octanol–water partition coefficient (Wildman–Crippen LogP) is 1.06. The number of rotatable bonds is 3. The lowest BCUT2D eigenvalue weighted by Gasteiger charge is -2.25. The maximum atomic E-state index is 14.0. The van der Waals surface area contributed by atoms with Crippen molar-refractivity contribution in [1.82, 2.24) is 29.0 Å². The molecule has 1 aliphatic rings. The summed E-state index contributed by atoms with van der Waals surface area (Å²) in [5.74, 6) is -0.960. The minimum atomic E-state index is -0.817. The summed E-state index contributed by atoms with van der Waals surface area (Å²) in [6.07, 6.45) is 1.88. The lowest BCUT2D eigenvalue weighted by molar-refractivity contribution is 0.204. The van der Waals surface area contributed by atoms with Gasteiger partial charge in [-0.25, -0.2) is 13.6 Å². The van der Waals surface area contributed by atoms with Crippen LogP contribution >= 0.6 is 0 Å². The molecule has 7 nitrogen and oxygen atoms in total. The zero-order valence-electron chi connectivity index (χ0n) is 13.6. The minimum absolute atomic E-state index is 0.0513. The van der Waals surface area contributed by atoms with E-state index in [-0.39, 0.29) is 5.69 Å². The second kappa shape index (κ2) is 5.92. The third kappa shape index (κ3) is 2.86. The summed E-state index contributed by atoms with van der Waals surface area (Å²) >= 11 is 0. The fourth-order valence-corrected chi connectivity index (χ4v) is 3.02. The van der Waals surface area contributed by atoms with Crippen molar-refractivity contribution in [3.05, 3.63) is 64.1 Å². The molecule has 0 N–H and O–H groups in total. The molecule has 0 aliphatic carbocycles. The topological polar surface area (TPSA) is 60.9 Å². The number of halogens is 2. The lowest BCUT2D eigenvalue weighted by Crippen LogP contribution is -2.37. The number of aryl methyl sites for hydroxylation is 1. The molecule has 0 amide bonds. The van der Waals surface area contributed by atoms with E-state index < -0.39 is 17.3 Å². The quantitative estimate of drug-likeness (QED) is 0.712. The Morgan fingerprint density at radius 3 is 2.72 bits per heavy atom. The largest absolute Gasteiger partial charge is 0.350 e. The van der Waals surface area contributed by atoms with Crippen LogP contribution in [0.15, 0.2) is 35.3 Å². The first-order valence-electron chi connectivity index (χ1n) is 7.86. The van der Waals surface area contributed by atoms with Crippen molar-refractivity contribution in [3.63, 3.8) is 0 Å². The van der Waals surface area contributed by atoms with Crippen LogP contribution in [0.2, 0.25) is 0 Å². The number of benzene rings is 1. The molecule has 0 atom stereocenters. The zero-order chi connectivity index (χ0) is 17.6. The van der Waals surface area contributed by atoms with Gasteiger partial charge in [0.05, 0.1) is 12.2 Å². The van der Waals surface area contributed by atoms with Gasteiger partial charge in [-0.05, 0) is 18.2 Å². The first kappa shape index (κ1) is 15.7. The third-order valence-corrected chi connectivity index (χ3v) is 4.24. The highest BCUT2D eigenvalue weighted by molar-refractivity contribution is 5.32. The maximum Gasteiger partial charge on any atom is 0.350 e. The molecule has 25 heavy (non-hydrogen) atoms. The Labute approximate surface area is 141 Å². The minimum Gasteiger partial charge on any atom is -0.288 e. The van der Waals surface area contributed by atoms with Crippen LogP contribution in [0.3, 0.4) is 0 Å². The molecule has 3 heterocycles. The molecule has 0 fully saturated rings. The molecule has 0 unspecified atom stereocenters. The van der Waals surface area contributed by atoms with Crippen molar-refractivity contribution in [2.45, 2.75) is 19.6 Å². The van der Waals surface area contributed by atoms with Crippen LogP contribution in [0.1, 0.15) is 11.5 Å². The van der Waals surface area contributed by atoms with E-state index >= 15 is 0 Å². The summed E-state index contributed by atoms with van der Waals surface area (Å²) in [4.78, 5) is 14.6. The Morgan fingerprint density at radius 1 is 1.16 bits per heavy atom. The van der Waals surface area contributed by atoms with Crippen LogP contribution in [0.5, 0.6) is 0 Å². The SMILES string of the molecule is Cn1ccc(CN2CCn3c(nn(-c4ccc(F)cc4F)c3=O)C2)n1. The Balaban J connectivity index is 1.62. The Kier molecular flexibility index (Phi) is 3.72. The second-order valence-electron chi connectivity index (χ2n) is 6.05. The van der Waals surface area contributed by atoms with Crippen molar-refractivity contribution in [2.24, 2.45) is 7.05 Å². The summed E-state index contributed by atoms with van der Waals surface area (Å²) in [7, 11) is 1.86. The Hall–Kier alpha value is -2.81. The van der Waals surface area contributed by atoms with Gasteiger partial charge in [-0.15, -0.1) is 5.10 Å². The average Bonchev–Trinajstić information content (AvgIpc) is 3.11. The van der Waals surface area contributed by atoms with E-state index in [4.69, 9.17) is 0 Å². The summed E-state index contributed by atoms with van der Waals surface area (Å²) < 4.78 is 31.3. The van der Waals surface area contributed by atoms with E-state index in [1.54, 1.807) is 4.68 Å². The second-order valence-corrected chi connectivity index (χ2v) is 6.05. The van der Waals surface area contributed by atoms with Crippen LogP contribution in [0, 0.1) is 11.6 Å². The van der Waals surface area contributed by atoms with Gasteiger partial charge < -0.3 is 0 Å². The molecular formula is C16H16F2N6O. The highest BCUT2D eigenvalue weighted by Crippen LogP contribution is 2.15. The van der Waals surface area contributed by atoms with Gasteiger partial charge in [0.15, 0.2) is 5.82 Å². The first-order valence-corrected chi connectivity index (χ1v) is 7.86. The number of hydrogen-bond acceptors (Lipinski definition) is 4. The smallest absolute Gasteiger partial charge is 0.288 e. The van der Waals surface area contributed by atoms with Gasteiger partial charge >= 0.3 is 5.69 Å². The molecule has 0 spiro atoms. The van der Waals surface area contributed by atoms with E-state index in [9.17, 15) is 13.6 Å². The van der Waals surface area contributed by atoms with Crippen LogP contribution in [0.4, 0.5) is 8.78 Å². The molecule has 1 aromatic carbocycles. The summed E-state index contributed by atoms with van der Waals surface area (Å²) in [5, 5.41) is 8.59. The van der Waals surface area contributed by atoms with Crippen molar-refractivity contribution in [2.75, 3.05) is 6.54 Å². The first-order chi connectivity index (χ1) is 12.0. The Bertz CT molecular complexity index is 989. The van der Waals surface area contributed by atoms with Crippen molar-refractivity contribution in [1.29, 1.82) is 0 Å². The van der Waals surface area contributed by atoms with E-state index in [1.165, 1.54) is 10.6 Å². The van der Waals surface area contributed by atoms with E-state index in [2.05, 4.69) is 15.1 Å². The van der Waals surface area contributed by atoms with Gasteiger partial charge in [0.25, 0.3) is 0 Å². The molecule has 0 saturated heterocycles. The number of nitrogens with zero attached hydrogens (tertiary/aromatic N) is 6. The molecular weight excluding hydrogens is 330 g/mol. The summed E-state index contributed by atoms with van der Waals surface area (Å²) in [5.41, 5.74) is 0.463. The maximum absolute atomic E-state index is 14.0. The molecule has 0 saturated carbocycles. The molecule has 2 aromatic heterocycles. The fourth-order valence-electron chi connectivity index (χ4n) is 3.02. The third-order valence-electron chi connectivity index (χ3n) is 4.24.